The second-order valence-corrected chi connectivity index (χ2v) is 5.86. The van der Waals surface area contributed by atoms with Gasteiger partial charge in [0, 0.05) is 19.3 Å². The van der Waals surface area contributed by atoms with Gasteiger partial charge >= 0.3 is 5.69 Å². The van der Waals surface area contributed by atoms with Crippen LogP contribution >= 0.6 is 0 Å². The van der Waals surface area contributed by atoms with Gasteiger partial charge in [-0.1, -0.05) is 12.1 Å². The van der Waals surface area contributed by atoms with Gasteiger partial charge in [0.1, 0.15) is 0 Å². The van der Waals surface area contributed by atoms with Crippen LogP contribution in [0.5, 0.6) is 11.5 Å². The van der Waals surface area contributed by atoms with Crippen molar-refractivity contribution < 1.29 is 9.47 Å². The lowest BCUT2D eigenvalue weighted by Crippen LogP contribution is -2.28. The first-order valence-corrected chi connectivity index (χ1v) is 7.82. The fourth-order valence-corrected chi connectivity index (χ4v) is 2.81. The van der Waals surface area contributed by atoms with Crippen LogP contribution in [-0.2, 0) is 13.1 Å². The molecule has 0 N–H and O–H groups in total. The molecule has 1 aromatic carbocycles. The highest BCUT2D eigenvalue weighted by Gasteiger charge is 2.14. The quantitative estimate of drug-likeness (QED) is 0.708. The SMILES string of the molecule is CN(CCn1nc2ccccn2c1=O)Cc1ccc2c(c1)OCO2. The standard InChI is InChI=1S/C17H18N4O3/c1-19(11-13-5-6-14-15(10-13)24-12-23-14)8-9-21-17(22)20-7-3-2-4-16(20)18-21/h2-7,10H,8-9,11-12H2,1H3. The van der Waals surface area contributed by atoms with Crippen molar-refractivity contribution in [2.24, 2.45) is 0 Å². The molecule has 4 rings (SSSR count). The van der Waals surface area contributed by atoms with Gasteiger partial charge < -0.3 is 14.4 Å². The van der Waals surface area contributed by atoms with E-state index in [0.717, 1.165) is 30.2 Å². The second kappa shape index (κ2) is 6.01. The Morgan fingerprint density at radius 1 is 1.21 bits per heavy atom. The van der Waals surface area contributed by atoms with Crippen LogP contribution in [0.2, 0.25) is 0 Å². The van der Waals surface area contributed by atoms with Crippen LogP contribution in [0.25, 0.3) is 5.65 Å². The Hall–Kier alpha value is -2.80. The Labute approximate surface area is 138 Å². The van der Waals surface area contributed by atoms with Crippen LogP contribution < -0.4 is 15.2 Å². The molecule has 1 aliphatic rings. The lowest BCUT2D eigenvalue weighted by atomic mass is 10.2. The van der Waals surface area contributed by atoms with E-state index in [1.54, 1.807) is 10.6 Å². The number of hydrogen-bond donors (Lipinski definition) is 0. The van der Waals surface area contributed by atoms with Crippen LogP contribution in [0.3, 0.4) is 0 Å². The van der Waals surface area contributed by atoms with E-state index in [9.17, 15) is 4.79 Å². The highest BCUT2D eigenvalue weighted by molar-refractivity contribution is 5.44. The molecule has 0 spiro atoms. The summed E-state index contributed by atoms with van der Waals surface area (Å²) in [7, 11) is 2.02. The molecule has 0 amide bonds. The number of likely N-dealkylation sites (N-methyl/N-ethyl adjacent to an activating group) is 1. The molecular weight excluding hydrogens is 308 g/mol. The zero-order chi connectivity index (χ0) is 16.5. The predicted octanol–water partition coefficient (Wildman–Crippen LogP) is 1.36. The first-order chi connectivity index (χ1) is 11.7. The fourth-order valence-electron chi connectivity index (χ4n) is 2.81. The summed E-state index contributed by atoms with van der Waals surface area (Å²) >= 11 is 0. The molecule has 0 bridgehead atoms. The van der Waals surface area contributed by atoms with Gasteiger partial charge in [0.15, 0.2) is 17.1 Å². The first kappa shape index (κ1) is 14.8. The molecule has 0 saturated heterocycles. The van der Waals surface area contributed by atoms with Crippen molar-refractivity contribution in [1.82, 2.24) is 19.1 Å². The molecular formula is C17H18N4O3. The van der Waals surface area contributed by atoms with Crippen molar-refractivity contribution >= 4 is 5.65 Å². The summed E-state index contributed by atoms with van der Waals surface area (Å²) in [5, 5.41) is 4.34. The Morgan fingerprint density at radius 3 is 2.96 bits per heavy atom. The van der Waals surface area contributed by atoms with E-state index >= 15 is 0 Å². The minimum atomic E-state index is -0.109. The van der Waals surface area contributed by atoms with Crippen molar-refractivity contribution in [2.75, 3.05) is 20.4 Å². The van der Waals surface area contributed by atoms with Crippen LogP contribution in [0.4, 0.5) is 0 Å². The highest BCUT2D eigenvalue weighted by atomic mass is 16.7. The van der Waals surface area contributed by atoms with Gasteiger partial charge in [-0.2, -0.15) is 0 Å². The Kier molecular flexibility index (Phi) is 3.70. The molecule has 0 fully saturated rings. The summed E-state index contributed by atoms with van der Waals surface area (Å²) in [5.41, 5.74) is 1.70. The third kappa shape index (κ3) is 2.74. The number of fused-ring (bicyclic) bond motifs is 2. The smallest absolute Gasteiger partial charge is 0.350 e. The van der Waals surface area contributed by atoms with Crippen molar-refractivity contribution in [3.8, 4) is 11.5 Å². The Balaban J connectivity index is 1.41. The van der Waals surface area contributed by atoms with Gasteiger partial charge in [0.05, 0.1) is 6.54 Å². The summed E-state index contributed by atoms with van der Waals surface area (Å²) in [4.78, 5) is 14.4. The lowest BCUT2D eigenvalue weighted by Gasteiger charge is -2.16. The van der Waals surface area contributed by atoms with Crippen molar-refractivity contribution in [1.29, 1.82) is 0 Å². The normalized spacial score (nSPS) is 13.1. The predicted molar refractivity (Wildman–Crippen MR) is 88.4 cm³/mol. The molecule has 3 heterocycles. The number of benzene rings is 1. The summed E-state index contributed by atoms with van der Waals surface area (Å²) < 4.78 is 13.8. The van der Waals surface area contributed by atoms with Crippen molar-refractivity contribution in [3.63, 3.8) is 0 Å². The zero-order valence-electron chi connectivity index (χ0n) is 13.4. The molecule has 2 aromatic heterocycles. The maximum absolute atomic E-state index is 12.2. The lowest BCUT2D eigenvalue weighted by molar-refractivity contribution is 0.174. The molecule has 7 heteroatoms. The molecule has 24 heavy (non-hydrogen) atoms. The molecule has 3 aromatic rings. The minimum Gasteiger partial charge on any atom is -0.454 e. The number of aromatic nitrogens is 3. The van der Waals surface area contributed by atoms with Gasteiger partial charge in [-0.05, 0) is 36.9 Å². The van der Waals surface area contributed by atoms with E-state index < -0.39 is 0 Å². The van der Waals surface area contributed by atoms with Crippen LogP contribution in [0.15, 0.2) is 47.4 Å². The average molecular weight is 326 g/mol. The van der Waals surface area contributed by atoms with Gasteiger partial charge in [0.2, 0.25) is 6.79 Å². The molecule has 0 atom stereocenters. The molecule has 0 saturated carbocycles. The molecule has 1 aliphatic heterocycles. The maximum Gasteiger partial charge on any atom is 0.350 e. The summed E-state index contributed by atoms with van der Waals surface area (Å²) in [5.74, 6) is 1.58. The third-order valence-corrected chi connectivity index (χ3v) is 4.07. The van der Waals surface area contributed by atoms with E-state index in [0.29, 0.717) is 12.2 Å². The molecule has 0 radical (unpaired) electrons. The summed E-state index contributed by atoms with van der Waals surface area (Å²) in [6, 6.07) is 11.5. The largest absolute Gasteiger partial charge is 0.454 e. The third-order valence-electron chi connectivity index (χ3n) is 4.07. The zero-order valence-corrected chi connectivity index (χ0v) is 13.4. The second-order valence-electron chi connectivity index (χ2n) is 5.86. The first-order valence-electron chi connectivity index (χ1n) is 7.82. The van der Waals surface area contributed by atoms with Crippen LogP contribution in [-0.4, -0.2) is 39.5 Å². The molecule has 124 valence electrons. The molecule has 0 unspecified atom stereocenters. The Bertz CT molecular complexity index is 931. The van der Waals surface area contributed by atoms with E-state index in [4.69, 9.17) is 9.47 Å². The van der Waals surface area contributed by atoms with Crippen molar-refractivity contribution in [2.45, 2.75) is 13.1 Å². The van der Waals surface area contributed by atoms with Gasteiger partial charge in [-0.15, -0.1) is 5.10 Å². The van der Waals surface area contributed by atoms with Gasteiger partial charge in [-0.25, -0.2) is 9.48 Å². The fraction of sp³-hybridized carbons (Fsp3) is 0.294. The highest BCUT2D eigenvalue weighted by Crippen LogP contribution is 2.32. The van der Waals surface area contributed by atoms with E-state index in [1.807, 2.05) is 43.4 Å². The van der Waals surface area contributed by atoms with Gasteiger partial charge in [0.25, 0.3) is 0 Å². The molecule has 0 aliphatic carbocycles. The summed E-state index contributed by atoms with van der Waals surface area (Å²) in [6.07, 6.45) is 1.73. The topological polar surface area (TPSA) is 61.0 Å². The van der Waals surface area contributed by atoms with Gasteiger partial charge in [-0.3, -0.25) is 4.40 Å². The molecule has 7 nitrogen and oxygen atoms in total. The monoisotopic (exact) mass is 326 g/mol. The number of ether oxygens (including phenoxy) is 2. The van der Waals surface area contributed by atoms with E-state index in [-0.39, 0.29) is 12.5 Å². The Morgan fingerprint density at radius 2 is 2.08 bits per heavy atom. The summed E-state index contributed by atoms with van der Waals surface area (Å²) in [6.45, 7) is 2.31. The van der Waals surface area contributed by atoms with Crippen molar-refractivity contribution in [3.05, 3.63) is 58.6 Å². The van der Waals surface area contributed by atoms with E-state index in [1.165, 1.54) is 4.68 Å². The maximum atomic E-state index is 12.2. The van der Waals surface area contributed by atoms with Crippen LogP contribution in [0.1, 0.15) is 5.56 Å². The average Bonchev–Trinajstić information content (AvgIpc) is 3.17. The number of pyridine rings is 1. The minimum absolute atomic E-state index is 0.109. The van der Waals surface area contributed by atoms with E-state index in [2.05, 4.69) is 10.00 Å². The van der Waals surface area contributed by atoms with Crippen LogP contribution in [0, 0.1) is 0 Å². The number of rotatable bonds is 5. The number of nitrogens with zero attached hydrogens (tertiary/aromatic N) is 4. The number of hydrogen-bond acceptors (Lipinski definition) is 5.